The second-order valence-electron chi connectivity index (χ2n) is 5.87. The van der Waals surface area contributed by atoms with Crippen molar-refractivity contribution in [2.24, 2.45) is 11.8 Å². The van der Waals surface area contributed by atoms with Crippen molar-refractivity contribution in [1.82, 2.24) is 10.6 Å². The molecule has 2 amide bonds. The Hall–Kier alpha value is -1.26. The highest BCUT2D eigenvalue weighted by atomic mass is 16.5. The van der Waals surface area contributed by atoms with Gasteiger partial charge < -0.3 is 15.4 Å². The molecular formula is C15H28N2O3. The molecule has 4 atom stereocenters. The Kier molecular flexibility index (Phi) is 6.82. The molecule has 0 aromatic rings. The molecule has 5 heteroatoms. The molecule has 1 aliphatic carbocycles. The number of amides is 2. The molecule has 0 heterocycles. The third-order valence-electron chi connectivity index (χ3n) is 4.38. The third-order valence-corrected chi connectivity index (χ3v) is 4.38. The van der Waals surface area contributed by atoms with E-state index in [1.54, 1.807) is 0 Å². The average Bonchev–Trinajstić information content (AvgIpc) is 2.45. The molecule has 5 nitrogen and oxygen atoms in total. The number of hydrogen-bond acceptors (Lipinski definition) is 3. The van der Waals surface area contributed by atoms with Crippen LogP contribution in [0, 0.1) is 11.8 Å². The van der Waals surface area contributed by atoms with Gasteiger partial charge in [-0.1, -0.05) is 40.0 Å². The van der Waals surface area contributed by atoms with E-state index in [4.69, 9.17) is 4.74 Å². The zero-order valence-corrected chi connectivity index (χ0v) is 13.1. The summed E-state index contributed by atoms with van der Waals surface area (Å²) in [6.45, 7) is 6.09. The molecule has 1 fully saturated rings. The molecule has 0 spiro atoms. The maximum absolute atomic E-state index is 12.1. The number of hydrogen-bond donors (Lipinski definition) is 2. The van der Waals surface area contributed by atoms with Crippen LogP contribution in [0.5, 0.6) is 0 Å². The molecule has 0 radical (unpaired) electrons. The van der Waals surface area contributed by atoms with Gasteiger partial charge in [-0.15, -0.1) is 0 Å². The number of ether oxygens (including phenoxy) is 1. The number of methoxy groups -OCH3 is 1. The summed E-state index contributed by atoms with van der Waals surface area (Å²) >= 11 is 0. The smallest absolute Gasteiger partial charge is 0.328 e. The van der Waals surface area contributed by atoms with Crippen LogP contribution in [0.25, 0.3) is 0 Å². The third kappa shape index (κ3) is 4.69. The van der Waals surface area contributed by atoms with Crippen LogP contribution in [0.4, 0.5) is 4.79 Å². The molecule has 1 aliphatic rings. The quantitative estimate of drug-likeness (QED) is 0.762. The lowest BCUT2D eigenvalue weighted by Crippen LogP contribution is -2.53. The number of carbonyl (C=O) groups is 2. The van der Waals surface area contributed by atoms with Crippen molar-refractivity contribution in [3.05, 3.63) is 0 Å². The zero-order chi connectivity index (χ0) is 15.1. The normalized spacial score (nSPS) is 25.4. The van der Waals surface area contributed by atoms with Gasteiger partial charge in [0.15, 0.2) is 0 Å². The van der Waals surface area contributed by atoms with Gasteiger partial charge in [-0.3, -0.25) is 0 Å². The van der Waals surface area contributed by atoms with E-state index in [0.717, 1.165) is 25.7 Å². The second-order valence-corrected chi connectivity index (χ2v) is 5.87. The van der Waals surface area contributed by atoms with E-state index in [2.05, 4.69) is 17.6 Å². The summed E-state index contributed by atoms with van der Waals surface area (Å²) in [5.41, 5.74) is 0. The minimum Gasteiger partial charge on any atom is -0.467 e. The van der Waals surface area contributed by atoms with Gasteiger partial charge in [0.1, 0.15) is 6.04 Å². The Bertz CT molecular complexity index is 333. The van der Waals surface area contributed by atoms with Crippen LogP contribution in [-0.2, 0) is 9.53 Å². The SMILES string of the molecule is CC[C@@H](C)[C@H](NC(=O)N[C@@H]1CCCC[C@H]1C)C(=O)OC. The van der Waals surface area contributed by atoms with Gasteiger partial charge in [0, 0.05) is 6.04 Å². The topological polar surface area (TPSA) is 67.4 Å². The lowest BCUT2D eigenvalue weighted by Gasteiger charge is -2.30. The maximum atomic E-state index is 12.1. The predicted octanol–water partition coefficient (Wildman–Crippen LogP) is 2.45. The first-order chi connectivity index (χ1) is 9.49. The Morgan fingerprint density at radius 2 is 1.95 bits per heavy atom. The highest BCUT2D eigenvalue weighted by Crippen LogP contribution is 2.23. The highest BCUT2D eigenvalue weighted by molar-refractivity contribution is 5.83. The van der Waals surface area contributed by atoms with Gasteiger partial charge in [0.2, 0.25) is 0 Å². The van der Waals surface area contributed by atoms with Crippen LogP contribution >= 0.6 is 0 Å². The molecule has 0 aromatic heterocycles. The summed E-state index contributed by atoms with van der Waals surface area (Å²) < 4.78 is 4.77. The van der Waals surface area contributed by atoms with E-state index in [9.17, 15) is 9.59 Å². The van der Waals surface area contributed by atoms with Gasteiger partial charge in [-0.25, -0.2) is 9.59 Å². The van der Waals surface area contributed by atoms with E-state index in [1.165, 1.54) is 13.5 Å². The van der Waals surface area contributed by atoms with Crippen LogP contribution in [0.1, 0.15) is 52.9 Å². The summed E-state index contributed by atoms with van der Waals surface area (Å²) in [7, 11) is 1.35. The van der Waals surface area contributed by atoms with E-state index < -0.39 is 6.04 Å². The molecule has 0 aromatic carbocycles. The maximum Gasteiger partial charge on any atom is 0.328 e. The molecule has 1 saturated carbocycles. The first-order valence-electron chi connectivity index (χ1n) is 7.64. The Balaban J connectivity index is 2.54. The number of carbonyl (C=O) groups excluding carboxylic acids is 2. The largest absolute Gasteiger partial charge is 0.467 e. The first-order valence-corrected chi connectivity index (χ1v) is 7.64. The lowest BCUT2D eigenvalue weighted by atomic mass is 9.86. The molecule has 1 rings (SSSR count). The number of rotatable bonds is 5. The van der Waals surface area contributed by atoms with Crippen molar-refractivity contribution in [1.29, 1.82) is 0 Å². The summed E-state index contributed by atoms with van der Waals surface area (Å²) in [5, 5.41) is 5.76. The van der Waals surface area contributed by atoms with Crippen molar-refractivity contribution in [2.45, 2.75) is 65.0 Å². The fraction of sp³-hybridized carbons (Fsp3) is 0.867. The molecule has 0 aliphatic heterocycles. The molecule has 116 valence electrons. The zero-order valence-electron chi connectivity index (χ0n) is 13.1. The van der Waals surface area contributed by atoms with Gasteiger partial charge >= 0.3 is 12.0 Å². The molecule has 20 heavy (non-hydrogen) atoms. The van der Waals surface area contributed by atoms with Crippen LogP contribution in [0.2, 0.25) is 0 Å². The van der Waals surface area contributed by atoms with Crippen molar-refractivity contribution in [3.8, 4) is 0 Å². The van der Waals surface area contributed by atoms with Gasteiger partial charge in [-0.05, 0) is 24.7 Å². The number of nitrogens with one attached hydrogen (secondary N) is 2. The lowest BCUT2D eigenvalue weighted by molar-refractivity contribution is -0.144. The summed E-state index contributed by atoms with van der Waals surface area (Å²) in [4.78, 5) is 23.8. The minimum atomic E-state index is -0.580. The van der Waals surface area contributed by atoms with Crippen LogP contribution < -0.4 is 10.6 Å². The van der Waals surface area contributed by atoms with Gasteiger partial charge in [0.25, 0.3) is 0 Å². The Morgan fingerprint density at radius 3 is 2.50 bits per heavy atom. The second kappa shape index (κ2) is 8.12. The van der Waals surface area contributed by atoms with Crippen LogP contribution in [0.15, 0.2) is 0 Å². The van der Waals surface area contributed by atoms with E-state index >= 15 is 0 Å². The molecule has 2 N–H and O–H groups in total. The fourth-order valence-corrected chi connectivity index (χ4v) is 2.68. The highest BCUT2D eigenvalue weighted by Gasteiger charge is 2.28. The van der Waals surface area contributed by atoms with Crippen LogP contribution in [0.3, 0.4) is 0 Å². The Labute approximate surface area is 121 Å². The number of esters is 1. The summed E-state index contributed by atoms with van der Waals surface area (Å²) in [5.74, 6) is 0.165. The monoisotopic (exact) mass is 284 g/mol. The summed E-state index contributed by atoms with van der Waals surface area (Å²) in [6, 6.07) is -0.637. The minimum absolute atomic E-state index is 0.0528. The van der Waals surface area contributed by atoms with E-state index in [1.807, 2.05) is 13.8 Å². The average molecular weight is 284 g/mol. The fourth-order valence-electron chi connectivity index (χ4n) is 2.68. The van der Waals surface area contributed by atoms with Gasteiger partial charge in [0.05, 0.1) is 7.11 Å². The van der Waals surface area contributed by atoms with E-state index in [-0.39, 0.29) is 24.0 Å². The van der Waals surface area contributed by atoms with Crippen molar-refractivity contribution in [3.63, 3.8) is 0 Å². The molecule has 0 unspecified atom stereocenters. The first kappa shape index (κ1) is 16.8. The predicted molar refractivity (Wildman–Crippen MR) is 78.3 cm³/mol. The van der Waals surface area contributed by atoms with Crippen LogP contribution in [-0.4, -0.2) is 31.2 Å². The standard InChI is InChI=1S/C15H28N2O3/c1-5-10(2)13(14(18)20-4)17-15(19)16-12-9-7-6-8-11(12)3/h10-13H,5-9H2,1-4H3,(H2,16,17,19)/t10-,11-,12-,13+/m1/s1. The Morgan fingerprint density at radius 1 is 1.30 bits per heavy atom. The summed E-state index contributed by atoms with van der Waals surface area (Å²) in [6.07, 6.45) is 5.36. The number of urea groups is 1. The van der Waals surface area contributed by atoms with E-state index in [0.29, 0.717) is 5.92 Å². The molecule has 0 bridgehead atoms. The van der Waals surface area contributed by atoms with Gasteiger partial charge in [-0.2, -0.15) is 0 Å². The molecule has 0 saturated heterocycles. The van der Waals surface area contributed by atoms with Crippen molar-refractivity contribution >= 4 is 12.0 Å². The van der Waals surface area contributed by atoms with Crippen molar-refractivity contribution in [2.75, 3.05) is 7.11 Å². The van der Waals surface area contributed by atoms with Crippen molar-refractivity contribution < 1.29 is 14.3 Å². The molecular weight excluding hydrogens is 256 g/mol.